The van der Waals surface area contributed by atoms with E-state index in [0.717, 1.165) is 6.26 Å². The van der Waals surface area contributed by atoms with Crippen LogP contribution in [0.5, 0.6) is 0 Å². The lowest BCUT2D eigenvalue weighted by atomic mass is 10.1. The number of rotatable bonds is 8. The SMILES string of the molecule is CS(=O)(=O)c1cccc(NC2CCN(S(=O)(=O)c3ccc(CNC(=O)c4ccc(Cl)cc4)o3)CC2)c1. The van der Waals surface area contributed by atoms with Gasteiger partial charge in [-0.2, -0.15) is 4.31 Å². The summed E-state index contributed by atoms with van der Waals surface area (Å²) in [7, 11) is -7.14. The molecule has 9 nitrogen and oxygen atoms in total. The van der Waals surface area contributed by atoms with Gasteiger partial charge in [-0.05, 0) is 67.4 Å². The van der Waals surface area contributed by atoms with Crippen molar-refractivity contribution in [1.29, 1.82) is 0 Å². The highest BCUT2D eigenvalue weighted by Gasteiger charge is 2.31. The molecule has 192 valence electrons. The molecule has 3 aromatic rings. The second-order valence-electron chi connectivity index (χ2n) is 8.53. The number of hydrogen-bond donors (Lipinski definition) is 2. The number of sulfonamides is 1. The molecule has 0 spiro atoms. The zero-order valence-electron chi connectivity index (χ0n) is 19.5. The van der Waals surface area contributed by atoms with Crippen molar-refractivity contribution in [2.45, 2.75) is 35.4 Å². The van der Waals surface area contributed by atoms with Crippen molar-refractivity contribution in [2.75, 3.05) is 24.7 Å². The Morgan fingerprint density at radius 3 is 2.39 bits per heavy atom. The Morgan fingerprint density at radius 1 is 1.03 bits per heavy atom. The highest BCUT2D eigenvalue weighted by molar-refractivity contribution is 7.90. The molecule has 0 atom stereocenters. The van der Waals surface area contributed by atoms with Crippen molar-refractivity contribution in [3.8, 4) is 0 Å². The average molecular weight is 552 g/mol. The third kappa shape index (κ3) is 6.28. The second kappa shape index (κ2) is 10.6. The molecule has 2 aromatic carbocycles. The van der Waals surface area contributed by atoms with E-state index in [-0.39, 0.29) is 41.6 Å². The molecule has 4 rings (SSSR count). The van der Waals surface area contributed by atoms with Gasteiger partial charge in [0.2, 0.25) is 5.09 Å². The van der Waals surface area contributed by atoms with Crippen molar-refractivity contribution in [3.05, 3.63) is 77.0 Å². The minimum absolute atomic E-state index is 0.00139. The van der Waals surface area contributed by atoms with Gasteiger partial charge in [-0.1, -0.05) is 17.7 Å². The van der Waals surface area contributed by atoms with Gasteiger partial charge in [0.15, 0.2) is 9.84 Å². The Hall–Kier alpha value is -2.86. The second-order valence-corrected chi connectivity index (χ2v) is 12.9. The van der Waals surface area contributed by atoms with Crippen LogP contribution in [0.3, 0.4) is 0 Å². The molecule has 1 aromatic heterocycles. The van der Waals surface area contributed by atoms with Crippen molar-refractivity contribution in [1.82, 2.24) is 9.62 Å². The Labute approximate surface area is 215 Å². The molecular formula is C24H26ClN3O6S2. The Morgan fingerprint density at radius 2 is 1.72 bits per heavy atom. The van der Waals surface area contributed by atoms with E-state index in [9.17, 15) is 21.6 Å². The standard InChI is InChI=1S/C24H26ClN3O6S2/c1-35(30,31)22-4-2-3-20(15-22)27-19-11-13-28(14-12-19)36(32,33)23-10-9-21(34-23)16-26-24(29)17-5-7-18(25)8-6-17/h2-10,15,19,27H,11-14,16H2,1H3,(H,26,29). The van der Waals surface area contributed by atoms with Gasteiger partial charge in [-0.15, -0.1) is 0 Å². The summed E-state index contributed by atoms with van der Waals surface area (Å²) >= 11 is 5.83. The van der Waals surface area contributed by atoms with Crippen LogP contribution in [-0.4, -0.2) is 52.4 Å². The van der Waals surface area contributed by atoms with Crippen LogP contribution in [0.1, 0.15) is 29.0 Å². The van der Waals surface area contributed by atoms with Crippen molar-refractivity contribution in [3.63, 3.8) is 0 Å². The number of amides is 1. The third-order valence-corrected chi connectivity index (χ3v) is 8.98. The first-order valence-electron chi connectivity index (χ1n) is 11.2. The number of piperidine rings is 1. The first kappa shape index (κ1) is 26.2. The zero-order valence-corrected chi connectivity index (χ0v) is 21.9. The summed E-state index contributed by atoms with van der Waals surface area (Å²) in [5.74, 6) is -0.0117. The van der Waals surface area contributed by atoms with Gasteiger partial charge in [-0.3, -0.25) is 4.79 Å². The van der Waals surface area contributed by atoms with Crippen LogP contribution >= 0.6 is 11.6 Å². The lowest BCUT2D eigenvalue weighted by molar-refractivity contribution is 0.0947. The number of halogens is 1. The Balaban J connectivity index is 1.32. The number of carbonyl (C=O) groups is 1. The van der Waals surface area contributed by atoms with E-state index in [4.69, 9.17) is 16.0 Å². The van der Waals surface area contributed by atoms with Gasteiger partial charge < -0.3 is 15.1 Å². The molecule has 0 aliphatic carbocycles. The Kier molecular flexibility index (Phi) is 7.74. The number of furan rings is 1. The molecule has 0 saturated carbocycles. The zero-order chi connectivity index (χ0) is 25.9. The van der Waals surface area contributed by atoms with Gasteiger partial charge in [0.1, 0.15) is 5.76 Å². The van der Waals surface area contributed by atoms with Gasteiger partial charge in [0.25, 0.3) is 15.9 Å². The van der Waals surface area contributed by atoms with E-state index in [0.29, 0.717) is 34.9 Å². The van der Waals surface area contributed by atoms with Crippen LogP contribution < -0.4 is 10.6 Å². The largest absolute Gasteiger partial charge is 0.446 e. The van der Waals surface area contributed by atoms with E-state index in [2.05, 4.69) is 10.6 Å². The number of hydrogen-bond acceptors (Lipinski definition) is 7. The van der Waals surface area contributed by atoms with E-state index in [1.165, 1.54) is 22.5 Å². The van der Waals surface area contributed by atoms with Crippen molar-refractivity contribution >= 4 is 43.1 Å². The molecule has 1 aliphatic heterocycles. The molecule has 1 fully saturated rings. The topological polar surface area (TPSA) is 126 Å². The number of sulfone groups is 1. The fourth-order valence-corrected chi connectivity index (χ4v) is 6.07. The maximum absolute atomic E-state index is 13.1. The summed E-state index contributed by atoms with van der Waals surface area (Å²) in [6.45, 7) is 0.611. The van der Waals surface area contributed by atoms with Crippen LogP contribution in [0, 0.1) is 0 Å². The van der Waals surface area contributed by atoms with Crippen LogP contribution in [0.4, 0.5) is 5.69 Å². The number of benzene rings is 2. The normalized spacial score (nSPS) is 15.5. The molecule has 2 heterocycles. The molecule has 0 bridgehead atoms. The summed E-state index contributed by atoms with van der Waals surface area (Å²) in [5.41, 5.74) is 1.11. The maximum atomic E-state index is 13.1. The van der Waals surface area contributed by atoms with E-state index in [1.807, 2.05) is 0 Å². The number of nitrogens with zero attached hydrogens (tertiary/aromatic N) is 1. The summed E-state index contributed by atoms with van der Waals surface area (Å²) in [6.07, 6.45) is 2.25. The highest BCUT2D eigenvalue weighted by Crippen LogP contribution is 2.25. The van der Waals surface area contributed by atoms with Gasteiger partial charge >= 0.3 is 0 Å². The van der Waals surface area contributed by atoms with E-state index >= 15 is 0 Å². The minimum atomic E-state index is -3.83. The number of nitrogens with one attached hydrogen (secondary N) is 2. The van der Waals surface area contributed by atoms with Gasteiger partial charge in [-0.25, -0.2) is 16.8 Å². The average Bonchev–Trinajstić information content (AvgIpc) is 3.33. The molecule has 1 aliphatic rings. The van der Waals surface area contributed by atoms with Crippen molar-refractivity contribution < 1.29 is 26.0 Å². The monoisotopic (exact) mass is 551 g/mol. The lowest BCUT2D eigenvalue weighted by Gasteiger charge is -2.31. The molecule has 0 unspecified atom stereocenters. The quantitative estimate of drug-likeness (QED) is 0.438. The molecule has 2 N–H and O–H groups in total. The molecule has 1 saturated heterocycles. The number of carbonyl (C=O) groups excluding carboxylic acids is 1. The summed E-state index contributed by atoms with van der Waals surface area (Å²) < 4.78 is 56.6. The van der Waals surface area contributed by atoms with E-state index in [1.54, 1.807) is 42.5 Å². The first-order chi connectivity index (χ1) is 17.0. The fourth-order valence-electron chi connectivity index (χ4n) is 3.88. The van der Waals surface area contributed by atoms with Crippen LogP contribution in [-0.2, 0) is 26.4 Å². The molecule has 12 heteroatoms. The predicted molar refractivity (Wildman–Crippen MR) is 136 cm³/mol. The fraction of sp³-hybridized carbons (Fsp3) is 0.292. The first-order valence-corrected chi connectivity index (χ1v) is 14.9. The summed E-state index contributed by atoms with van der Waals surface area (Å²) in [4.78, 5) is 12.5. The van der Waals surface area contributed by atoms with Gasteiger partial charge in [0, 0.05) is 41.7 Å². The maximum Gasteiger partial charge on any atom is 0.276 e. The molecular weight excluding hydrogens is 526 g/mol. The van der Waals surface area contributed by atoms with Gasteiger partial charge in [0.05, 0.1) is 11.4 Å². The molecule has 36 heavy (non-hydrogen) atoms. The third-order valence-electron chi connectivity index (χ3n) is 5.85. The molecule has 0 radical (unpaired) electrons. The van der Waals surface area contributed by atoms with Crippen molar-refractivity contribution in [2.24, 2.45) is 0 Å². The predicted octanol–water partition coefficient (Wildman–Crippen LogP) is 3.53. The van der Waals surface area contributed by atoms with E-state index < -0.39 is 19.9 Å². The number of anilines is 1. The smallest absolute Gasteiger partial charge is 0.276 e. The highest BCUT2D eigenvalue weighted by atomic mass is 35.5. The summed E-state index contributed by atoms with van der Waals surface area (Å²) in [6, 6.07) is 15.9. The molecule has 1 amide bonds. The van der Waals surface area contributed by atoms with Crippen LogP contribution in [0.2, 0.25) is 5.02 Å². The summed E-state index contributed by atoms with van der Waals surface area (Å²) in [5, 5.41) is 6.33. The lowest BCUT2D eigenvalue weighted by Crippen LogP contribution is -2.42. The minimum Gasteiger partial charge on any atom is -0.446 e. The Bertz CT molecular complexity index is 1440. The van der Waals surface area contributed by atoms with Crippen LogP contribution in [0.15, 0.2) is 75.1 Å². The van der Waals surface area contributed by atoms with Crippen LogP contribution in [0.25, 0.3) is 0 Å².